The first-order chi connectivity index (χ1) is 13.0. The van der Waals surface area contributed by atoms with Gasteiger partial charge in [0.05, 0.1) is 0 Å². The maximum Gasteiger partial charge on any atom is 0.326 e. The number of carbonyl (C=O) groups excluding carboxylic acids is 2. The molecule has 0 saturated carbocycles. The average Bonchev–Trinajstić information content (AvgIpc) is 3.14. The molecular weight excluding hydrogens is 352 g/mol. The Kier molecular flexibility index (Phi) is 5.70. The number of rotatable bonds is 7. The van der Waals surface area contributed by atoms with Gasteiger partial charge < -0.3 is 24.4 Å². The van der Waals surface area contributed by atoms with Crippen LogP contribution in [0.3, 0.4) is 0 Å². The van der Waals surface area contributed by atoms with Crippen molar-refractivity contribution >= 4 is 17.8 Å². The summed E-state index contributed by atoms with van der Waals surface area (Å²) < 4.78 is 15.7. The van der Waals surface area contributed by atoms with Crippen molar-refractivity contribution in [3.8, 4) is 11.5 Å². The Morgan fingerprint density at radius 1 is 1.26 bits per heavy atom. The molecule has 2 aromatic rings. The van der Waals surface area contributed by atoms with E-state index in [0.717, 1.165) is 5.56 Å². The number of nitrogens with zero attached hydrogens (tertiary/aromatic N) is 3. The minimum atomic E-state index is -0.920. The summed E-state index contributed by atoms with van der Waals surface area (Å²) in [5, 5.41) is 2.73. The second-order valence-electron chi connectivity index (χ2n) is 5.94. The van der Waals surface area contributed by atoms with Crippen molar-refractivity contribution in [1.29, 1.82) is 0 Å². The van der Waals surface area contributed by atoms with Gasteiger partial charge in [-0.3, -0.25) is 9.59 Å². The number of amides is 1. The Balaban J connectivity index is 1.45. The molecule has 0 spiro atoms. The molecule has 1 atom stereocenters. The fourth-order valence-corrected chi connectivity index (χ4v) is 2.42. The van der Waals surface area contributed by atoms with Crippen LogP contribution in [0.25, 0.3) is 0 Å². The third kappa shape index (κ3) is 4.84. The number of nitrogens with one attached hydrogen (secondary N) is 1. The molecule has 1 aliphatic rings. The van der Waals surface area contributed by atoms with E-state index in [-0.39, 0.29) is 25.8 Å². The van der Waals surface area contributed by atoms with E-state index in [1.165, 1.54) is 6.92 Å². The van der Waals surface area contributed by atoms with Crippen LogP contribution in [0.1, 0.15) is 12.5 Å². The topological polar surface area (TPSA) is 103 Å². The third-order valence-electron chi connectivity index (χ3n) is 3.84. The molecule has 27 heavy (non-hydrogen) atoms. The summed E-state index contributed by atoms with van der Waals surface area (Å²) in [5.41, 5.74) is 0.854. The zero-order valence-electron chi connectivity index (χ0n) is 15.0. The minimum absolute atomic E-state index is 0.0657. The van der Waals surface area contributed by atoms with Gasteiger partial charge in [-0.2, -0.15) is 0 Å². The van der Waals surface area contributed by atoms with Crippen LogP contribution in [-0.4, -0.2) is 48.3 Å². The van der Waals surface area contributed by atoms with E-state index >= 15 is 0 Å². The Morgan fingerprint density at radius 2 is 2.00 bits per heavy atom. The summed E-state index contributed by atoms with van der Waals surface area (Å²) >= 11 is 0. The molecule has 2 heterocycles. The molecule has 142 valence electrons. The molecule has 3 rings (SSSR count). The van der Waals surface area contributed by atoms with E-state index in [0.29, 0.717) is 17.4 Å². The van der Waals surface area contributed by atoms with E-state index in [2.05, 4.69) is 15.3 Å². The lowest BCUT2D eigenvalue weighted by atomic mass is 10.2. The van der Waals surface area contributed by atoms with Gasteiger partial charge in [0, 0.05) is 26.0 Å². The fourth-order valence-electron chi connectivity index (χ4n) is 2.42. The predicted octanol–water partition coefficient (Wildman–Crippen LogP) is 0.890. The summed E-state index contributed by atoms with van der Waals surface area (Å²) in [5.74, 6) is 0.788. The number of ether oxygens (including phenoxy) is 3. The van der Waals surface area contributed by atoms with E-state index in [4.69, 9.17) is 14.2 Å². The van der Waals surface area contributed by atoms with Crippen molar-refractivity contribution in [2.75, 3.05) is 25.3 Å². The van der Waals surface area contributed by atoms with Crippen LogP contribution in [0.15, 0.2) is 36.7 Å². The van der Waals surface area contributed by atoms with Gasteiger partial charge in [-0.15, -0.1) is 0 Å². The highest BCUT2D eigenvalue weighted by Gasteiger charge is 2.20. The SMILES string of the molecule is CC(OC(=O)CN(C)c1ncccn1)C(=O)NCc1ccc2c(c1)OCO2. The summed E-state index contributed by atoms with van der Waals surface area (Å²) in [6.45, 7) is 1.94. The van der Waals surface area contributed by atoms with Gasteiger partial charge >= 0.3 is 5.97 Å². The fraction of sp³-hybridized carbons (Fsp3) is 0.333. The number of likely N-dealkylation sites (N-methyl/N-ethyl adjacent to an activating group) is 1. The normalized spacial score (nSPS) is 13.0. The van der Waals surface area contributed by atoms with Crippen molar-refractivity contribution in [2.24, 2.45) is 0 Å². The van der Waals surface area contributed by atoms with Crippen LogP contribution >= 0.6 is 0 Å². The largest absolute Gasteiger partial charge is 0.454 e. The summed E-state index contributed by atoms with van der Waals surface area (Å²) in [7, 11) is 1.67. The molecule has 1 aromatic heterocycles. The Labute approximate surface area is 156 Å². The van der Waals surface area contributed by atoms with Gasteiger partial charge in [0.15, 0.2) is 17.6 Å². The van der Waals surface area contributed by atoms with Gasteiger partial charge in [-0.1, -0.05) is 6.07 Å². The molecule has 0 fully saturated rings. The number of anilines is 1. The molecule has 1 amide bonds. The molecular formula is C18H20N4O5. The van der Waals surface area contributed by atoms with Crippen molar-refractivity contribution in [2.45, 2.75) is 19.6 Å². The van der Waals surface area contributed by atoms with Crippen molar-refractivity contribution in [1.82, 2.24) is 15.3 Å². The Morgan fingerprint density at radius 3 is 2.78 bits per heavy atom. The highest BCUT2D eigenvalue weighted by molar-refractivity contribution is 5.84. The molecule has 0 saturated heterocycles. The number of benzene rings is 1. The number of hydrogen-bond donors (Lipinski definition) is 1. The molecule has 9 heteroatoms. The minimum Gasteiger partial charge on any atom is -0.454 e. The smallest absolute Gasteiger partial charge is 0.326 e. The van der Waals surface area contributed by atoms with Gasteiger partial charge in [0.25, 0.3) is 5.91 Å². The average molecular weight is 372 g/mol. The maximum atomic E-state index is 12.2. The molecule has 0 bridgehead atoms. The summed E-state index contributed by atoms with van der Waals surface area (Å²) in [4.78, 5) is 33.8. The molecule has 9 nitrogen and oxygen atoms in total. The first-order valence-corrected chi connectivity index (χ1v) is 8.37. The maximum absolute atomic E-state index is 12.2. The van der Waals surface area contributed by atoms with E-state index in [1.807, 2.05) is 6.07 Å². The van der Waals surface area contributed by atoms with Gasteiger partial charge in [0.2, 0.25) is 12.7 Å². The van der Waals surface area contributed by atoms with Crippen LogP contribution in [0.4, 0.5) is 5.95 Å². The zero-order valence-corrected chi connectivity index (χ0v) is 15.0. The lowest BCUT2D eigenvalue weighted by Gasteiger charge is -2.18. The molecule has 1 aliphatic heterocycles. The summed E-state index contributed by atoms with van der Waals surface area (Å²) in [6.07, 6.45) is 2.24. The van der Waals surface area contributed by atoms with Crippen LogP contribution < -0.4 is 19.7 Å². The summed E-state index contributed by atoms with van der Waals surface area (Å²) in [6, 6.07) is 7.10. The van der Waals surface area contributed by atoms with E-state index in [9.17, 15) is 9.59 Å². The Hall–Kier alpha value is -3.36. The highest BCUT2D eigenvalue weighted by atomic mass is 16.7. The van der Waals surface area contributed by atoms with Crippen LogP contribution in [0.2, 0.25) is 0 Å². The quantitative estimate of drug-likeness (QED) is 0.715. The van der Waals surface area contributed by atoms with Gasteiger partial charge in [0.1, 0.15) is 6.54 Å². The zero-order chi connectivity index (χ0) is 19.2. The second-order valence-corrected chi connectivity index (χ2v) is 5.94. The first kappa shape index (κ1) is 18.4. The highest BCUT2D eigenvalue weighted by Crippen LogP contribution is 2.32. The monoisotopic (exact) mass is 372 g/mol. The van der Waals surface area contributed by atoms with Crippen LogP contribution in [0.5, 0.6) is 11.5 Å². The number of aromatic nitrogens is 2. The van der Waals surface area contributed by atoms with Crippen LogP contribution in [-0.2, 0) is 20.9 Å². The van der Waals surface area contributed by atoms with Gasteiger partial charge in [-0.25, -0.2) is 9.97 Å². The van der Waals surface area contributed by atoms with Gasteiger partial charge in [-0.05, 0) is 30.7 Å². The number of fused-ring (bicyclic) bond motifs is 1. The molecule has 0 aliphatic carbocycles. The lowest BCUT2D eigenvalue weighted by molar-refractivity contribution is -0.153. The molecule has 0 radical (unpaired) electrons. The predicted molar refractivity (Wildman–Crippen MR) is 95.3 cm³/mol. The third-order valence-corrected chi connectivity index (χ3v) is 3.84. The lowest BCUT2D eigenvalue weighted by Crippen LogP contribution is -2.38. The number of carbonyl (C=O) groups is 2. The molecule has 1 N–H and O–H groups in total. The number of esters is 1. The van der Waals surface area contributed by atoms with Crippen molar-refractivity contribution in [3.63, 3.8) is 0 Å². The standard InChI is InChI=1S/C18H20N4O5/c1-12(27-16(23)10-22(2)18-19-6-3-7-20-18)17(24)21-9-13-4-5-14-15(8-13)26-11-25-14/h3-8,12H,9-11H2,1-2H3,(H,21,24). The van der Waals surface area contributed by atoms with Crippen molar-refractivity contribution < 1.29 is 23.8 Å². The Bertz CT molecular complexity index is 815. The molecule has 1 aromatic carbocycles. The van der Waals surface area contributed by atoms with E-state index in [1.54, 1.807) is 42.5 Å². The second kappa shape index (κ2) is 8.35. The number of hydrogen-bond acceptors (Lipinski definition) is 8. The van der Waals surface area contributed by atoms with Crippen molar-refractivity contribution in [3.05, 3.63) is 42.2 Å². The van der Waals surface area contributed by atoms with Crippen LogP contribution in [0, 0.1) is 0 Å². The van der Waals surface area contributed by atoms with E-state index < -0.39 is 12.1 Å². The first-order valence-electron chi connectivity index (χ1n) is 8.37. The molecule has 1 unspecified atom stereocenters.